The van der Waals surface area contributed by atoms with Crippen LogP contribution < -0.4 is 5.32 Å². The monoisotopic (exact) mass is 874 g/mol. The first-order valence-corrected chi connectivity index (χ1v) is 22.7. The Labute approximate surface area is 392 Å². The molecule has 1 aliphatic heterocycles. The molecule has 8 heteroatoms. The van der Waals surface area contributed by atoms with Gasteiger partial charge < -0.3 is 9.88 Å². The van der Waals surface area contributed by atoms with Crippen molar-refractivity contribution in [3.63, 3.8) is 0 Å². The maximum atomic E-state index is 9.14. The van der Waals surface area contributed by atoms with Gasteiger partial charge in [0.1, 0.15) is 12.0 Å². The van der Waals surface area contributed by atoms with E-state index in [0.29, 0.717) is 23.2 Å². The number of nitrogens with one attached hydrogen (secondary N) is 2. The molecule has 1 unspecified atom stereocenters. The topological polar surface area (TPSA) is 95.2 Å². The lowest BCUT2D eigenvalue weighted by molar-refractivity contribution is 0.668. The first-order valence-electron chi connectivity index (χ1n) is 22.7. The molecule has 0 saturated heterocycles. The molecule has 0 fully saturated rings. The van der Waals surface area contributed by atoms with Gasteiger partial charge in [-0.15, -0.1) is 0 Å². The Bertz CT molecular complexity index is 3810. The second-order valence-electron chi connectivity index (χ2n) is 16.7. The first kappa shape index (κ1) is 40.3. The number of hydrogen-bond donors (Lipinski definition) is 2. The summed E-state index contributed by atoms with van der Waals surface area (Å²) in [7, 11) is 0. The minimum Gasteiger partial charge on any atom is -0.344 e. The van der Waals surface area contributed by atoms with Gasteiger partial charge in [-0.3, -0.25) is 9.98 Å². The molecule has 322 valence electrons. The molecule has 9 aromatic carbocycles. The van der Waals surface area contributed by atoms with Gasteiger partial charge in [-0.1, -0.05) is 206 Å². The molecule has 2 N–H and O–H groups in total. The van der Waals surface area contributed by atoms with Gasteiger partial charge >= 0.3 is 0 Å². The van der Waals surface area contributed by atoms with E-state index in [1.54, 1.807) is 6.21 Å². The highest BCUT2D eigenvalue weighted by Crippen LogP contribution is 2.41. The Hall–Kier alpha value is -9.27. The number of amidine groups is 3. The summed E-state index contributed by atoms with van der Waals surface area (Å²) >= 11 is 0. The van der Waals surface area contributed by atoms with E-state index in [1.165, 1.54) is 5.39 Å². The smallest absolute Gasteiger partial charge is 0.234 e. The number of para-hydroxylation sites is 2. The van der Waals surface area contributed by atoms with Crippen LogP contribution in [0.25, 0.3) is 60.4 Å². The SMILES string of the molecule is N=C(N=C(N=Cc1ccccc1)c1ccccc1)c1ccc(C2=NC(n3c4ccccc4c4ccc5c6ccccc6n(-c6cccc(-c7ccccc7)c6)c5c43)=NC(c3ccccc3)N2)cc1. The third-order valence-corrected chi connectivity index (χ3v) is 12.5. The minimum atomic E-state index is -0.444. The molecule has 12 rings (SSSR count). The van der Waals surface area contributed by atoms with E-state index in [2.05, 4.69) is 142 Å². The summed E-state index contributed by atoms with van der Waals surface area (Å²) in [4.78, 5) is 20.3. The van der Waals surface area contributed by atoms with E-state index in [-0.39, 0.29) is 5.84 Å². The fraction of sp³-hybridized carbons (Fsp3) is 0.0167. The van der Waals surface area contributed by atoms with Gasteiger partial charge in [0.25, 0.3) is 0 Å². The van der Waals surface area contributed by atoms with E-state index in [9.17, 15) is 0 Å². The van der Waals surface area contributed by atoms with Crippen molar-refractivity contribution < 1.29 is 0 Å². The lowest BCUT2D eigenvalue weighted by Gasteiger charge is -2.24. The molecule has 1 atom stereocenters. The zero-order valence-electron chi connectivity index (χ0n) is 36.8. The molecular formula is C60H42N8. The van der Waals surface area contributed by atoms with Crippen LogP contribution in [0.5, 0.6) is 0 Å². The van der Waals surface area contributed by atoms with Crippen LogP contribution in [0.2, 0.25) is 0 Å². The molecule has 0 amide bonds. The Kier molecular flexibility index (Phi) is 10.2. The Morgan fingerprint density at radius 3 is 1.76 bits per heavy atom. The molecule has 68 heavy (non-hydrogen) atoms. The van der Waals surface area contributed by atoms with Crippen LogP contribution in [-0.4, -0.2) is 38.8 Å². The molecule has 3 heterocycles. The van der Waals surface area contributed by atoms with Crippen LogP contribution in [0.3, 0.4) is 0 Å². The van der Waals surface area contributed by atoms with Crippen molar-refractivity contribution in [3.8, 4) is 16.8 Å². The molecule has 2 aromatic heterocycles. The maximum absolute atomic E-state index is 9.14. The molecule has 0 radical (unpaired) electrons. The van der Waals surface area contributed by atoms with Crippen LogP contribution >= 0.6 is 0 Å². The average molecular weight is 875 g/mol. The predicted molar refractivity (Wildman–Crippen MR) is 281 cm³/mol. The molecule has 11 aromatic rings. The van der Waals surface area contributed by atoms with Crippen LogP contribution in [0, 0.1) is 5.41 Å². The van der Waals surface area contributed by atoms with Gasteiger partial charge in [-0.2, -0.15) is 4.99 Å². The Morgan fingerprint density at radius 2 is 1.07 bits per heavy atom. The fourth-order valence-electron chi connectivity index (χ4n) is 9.31. The molecule has 1 aliphatic rings. The van der Waals surface area contributed by atoms with Gasteiger partial charge in [0.05, 0.1) is 22.1 Å². The number of aromatic nitrogens is 2. The van der Waals surface area contributed by atoms with E-state index < -0.39 is 6.17 Å². The van der Waals surface area contributed by atoms with E-state index in [4.69, 9.17) is 25.4 Å². The second-order valence-corrected chi connectivity index (χ2v) is 16.7. The number of hydrogen-bond acceptors (Lipinski definition) is 4. The molecular weight excluding hydrogens is 833 g/mol. The van der Waals surface area contributed by atoms with Crippen LogP contribution in [0.15, 0.2) is 250 Å². The number of aliphatic imine (C=N–C) groups is 4. The van der Waals surface area contributed by atoms with E-state index in [0.717, 1.165) is 77.3 Å². The van der Waals surface area contributed by atoms with Gasteiger partial charge in [0, 0.05) is 50.1 Å². The van der Waals surface area contributed by atoms with Gasteiger partial charge in [0.2, 0.25) is 5.96 Å². The Balaban J connectivity index is 1.02. The normalized spacial score (nSPS) is 14.1. The molecule has 8 nitrogen and oxygen atoms in total. The third-order valence-electron chi connectivity index (χ3n) is 12.5. The molecule has 0 bridgehead atoms. The lowest BCUT2D eigenvalue weighted by atomic mass is 10.1. The number of rotatable bonds is 7. The largest absolute Gasteiger partial charge is 0.344 e. The predicted octanol–water partition coefficient (Wildman–Crippen LogP) is 13.4. The van der Waals surface area contributed by atoms with Crippen LogP contribution in [0.4, 0.5) is 0 Å². The molecule has 0 aliphatic carbocycles. The Morgan fingerprint density at radius 1 is 0.500 bits per heavy atom. The second kappa shape index (κ2) is 17.3. The highest BCUT2D eigenvalue weighted by molar-refractivity contribution is 6.26. The maximum Gasteiger partial charge on any atom is 0.234 e. The summed E-state index contributed by atoms with van der Waals surface area (Å²) in [5, 5.41) is 17.3. The summed E-state index contributed by atoms with van der Waals surface area (Å²) in [6.07, 6.45) is 1.34. The van der Waals surface area contributed by atoms with Gasteiger partial charge in [-0.25, -0.2) is 15.0 Å². The zero-order chi connectivity index (χ0) is 45.4. The van der Waals surface area contributed by atoms with Gasteiger partial charge in [-0.05, 0) is 46.5 Å². The van der Waals surface area contributed by atoms with Crippen molar-refractivity contribution in [2.45, 2.75) is 6.17 Å². The van der Waals surface area contributed by atoms with Crippen LogP contribution in [-0.2, 0) is 0 Å². The number of benzene rings is 9. The van der Waals surface area contributed by atoms with Crippen LogP contribution in [0.1, 0.15) is 34.0 Å². The summed E-state index contributed by atoms with van der Waals surface area (Å²) in [6.45, 7) is 0. The highest BCUT2D eigenvalue weighted by atomic mass is 15.3. The van der Waals surface area contributed by atoms with Crippen molar-refractivity contribution in [1.82, 2.24) is 14.5 Å². The number of nitrogens with zero attached hydrogens (tertiary/aromatic N) is 6. The minimum absolute atomic E-state index is 0.0996. The molecule has 0 saturated carbocycles. The van der Waals surface area contributed by atoms with Crippen molar-refractivity contribution >= 4 is 73.3 Å². The summed E-state index contributed by atoms with van der Waals surface area (Å²) in [5.74, 6) is 1.78. The van der Waals surface area contributed by atoms with E-state index in [1.807, 2.05) is 103 Å². The van der Waals surface area contributed by atoms with Crippen molar-refractivity contribution in [3.05, 3.63) is 258 Å². The van der Waals surface area contributed by atoms with Crippen molar-refractivity contribution in [1.29, 1.82) is 5.41 Å². The summed E-state index contributed by atoms with van der Waals surface area (Å²) in [6, 6.07) is 78.8. The highest BCUT2D eigenvalue weighted by Gasteiger charge is 2.27. The zero-order valence-corrected chi connectivity index (χ0v) is 36.8. The third kappa shape index (κ3) is 7.36. The molecule has 0 spiro atoms. The summed E-state index contributed by atoms with van der Waals surface area (Å²) in [5.41, 5.74) is 11.9. The van der Waals surface area contributed by atoms with Crippen molar-refractivity contribution in [2.75, 3.05) is 0 Å². The number of fused-ring (bicyclic) bond motifs is 7. The average Bonchev–Trinajstić information content (AvgIpc) is 3.94. The first-order chi connectivity index (χ1) is 33.6. The van der Waals surface area contributed by atoms with E-state index >= 15 is 0 Å². The van der Waals surface area contributed by atoms with Crippen molar-refractivity contribution in [2.24, 2.45) is 20.0 Å². The lowest BCUT2D eigenvalue weighted by Crippen LogP contribution is -2.35. The standard InChI is InChI=1S/C60H42N8/c61-56(63-57(43-22-9-3-10-23-43)62-39-40-18-5-1-6-19-40)42-32-34-45(35-33-42)59-64-58(44-24-11-4-12-25-44)65-60(66-59)68-53-31-16-14-29-49(53)51-37-36-50-48-28-13-15-30-52(48)67(54(50)55(51)68)47-27-17-26-46(38-47)41-20-7-2-8-21-41/h1-39,58,61H,(H,64,65,66). The quantitative estimate of drug-likeness (QED) is 0.121. The summed E-state index contributed by atoms with van der Waals surface area (Å²) < 4.78 is 4.65. The fourth-order valence-corrected chi connectivity index (χ4v) is 9.31. The van der Waals surface area contributed by atoms with Gasteiger partial charge in [0.15, 0.2) is 11.7 Å².